The van der Waals surface area contributed by atoms with Gasteiger partial charge in [0.1, 0.15) is 5.82 Å². The van der Waals surface area contributed by atoms with Gasteiger partial charge < -0.3 is 14.6 Å². The zero-order chi connectivity index (χ0) is 17.1. The van der Waals surface area contributed by atoms with Gasteiger partial charge in [0.05, 0.1) is 19.0 Å². The Hall–Kier alpha value is -2.96. The van der Waals surface area contributed by atoms with Gasteiger partial charge in [-0.3, -0.25) is 0 Å². The number of aromatic amines is 1. The summed E-state index contributed by atoms with van der Waals surface area (Å²) in [5, 5.41) is 0. The molecule has 3 rings (SSSR count). The van der Waals surface area contributed by atoms with Gasteiger partial charge >= 0.3 is 0 Å². The maximum absolute atomic E-state index is 14.3. The smallest absolute Gasteiger partial charge is 0.250 e. The van der Waals surface area contributed by atoms with Gasteiger partial charge in [-0.05, 0) is 17.7 Å². The Morgan fingerprint density at radius 2 is 2.08 bits per heavy atom. The Morgan fingerprint density at radius 3 is 2.71 bits per heavy atom. The van der Waals surface area contributed by atoms with E-state index >= 15 is 0 Å². The zero-order valence-electron chi connectivity index (χ0n) is 13.3. The van der Waals surface area contributed by atoms with Crippen molar-refractivity contribution in [2.75, 3.05) is 19.1 Å². The van der Waals surface area contributed by atoms with Gasteiger partial charge in [-0.1, -0.05) is 6.07 Å². The number of hydrogen-bond donors (Lipinski definition) is 1. The summed E-state index contributed by atoms with van der Waals surface area (Å²) in [6.45, 7) is 0. The fourth-order valence-corrected chi connectivity index (χ4v) is 2.34. The van der Waals surface area contributed by atoms with Gasteiger partial charge in [0.25, 0.3) is 0 Å². The number of methoxy groups -OCH3 is 1. The van der Waals surface area contributed by atoms with Crippen LogP contribution in [0.1, 0.15) is 11.1 Å². The second-order valence-electron chi connectivity index (χ2n) is 5.26. The topological polar surface area (TPSA) is 54.0 Å². The zero-order valence-corrected chi connectivity index (χ0v) is 13.3. The maximum atomic E-state index is 14.3. The Bertz CT molecular complexity index is 837. The van der Waals surface area contributed by atoms with Gasteiger partial charge in [0.15, 0.2) is 5.82 Å². The molecule has 0 aromatic carbocycles. The van der Waals surface area contributed by atoms with Crippen molar-refractivity contribution in [1.82, 2.24) is 15.0 Å². The monoisotopic (exact) mass is 330 g/mol. The number of H-pyrrole nitrogens is 1. The molecule has 7 heteroatoms. The predicted octanol–water partition coefficient (Wildman–Crippen LogP) is 3.45. The average molecular weight is 330 g/mol. The first-order valence-corrected chi connectivity index (χ1v) is 7.29. The van der Waals surface area contributed by atoms with Crippen molar-refractivity contribution in [3.05, 3.63) is 65.7 Å². The lowest BCUT2D eigenvalue weighted by Gasteiger charge is -2.19. The van der Waals surface area contributed by atoms with Crippen molar-refractivity contribution in [1.29, 1.82) is 0 Å². The van der Waals surface area contributed by atoms with Crippen LogP contribution in [0.15, 0.2) is 42.9 Å². The third-order valence-electron chi connectivity index (χ3n) is 3.69. The molecule has 0 aliphatic heterocycles. The summed E-state index contributed by atoms with van der Waals surface area (Å²) >= 11 is 0. The van der Waals surface area contributed by atoms with E-state index in [2.05, 4.69) is 15.0 Å². The number of halogens is 2. The average Bonchev–Trinajstić information content (AvgIpc) is 3.09. The molecule has 0 atom stereocenters. The van der Waals surface area contributed by atoms with E-state index < -0.39 is 11.8 Å². The summed E-state index contributed by atoms with van der Waals surface area (Å²) < 4.78 is 32.8. The van der Waals surface area contributed by atoms with Crippen LogP contribution in [0.4, 0.5) is 20.3 Å². The minimum atomic E-state index is -0.591. The van der Waals surface area contributed by atoms with Crippen LogP contribution in [0.5, 0.6) is 5.88 Å². The Balaban J connectivity index is 1.84. The third kappa shape index (κ3) is 3.19. The number of aromatic nitrogens is 3. The Labute approximate surface area is 137 Å². The molecule has 0 aliphatic carbocycles. The fraction of sp³-hybridized carbons (Fsp3) is 0.176. The van der Waals surface area contributed by atoms with E-state index in [1.807, 2.05) is 12.3 Å². The largest absolute Gasteiger partial charge is 0.479 e. The number of pyridine rings is 2. The van der Waals surface area contributed by atoms with E-state index in [4.69, 9.17) is 4.74 Å². The number of ether oxygens (including phenoxy) is 1. The highest BCUT2D eigenvalue weighted by Gasteiger charge is 2.13. The van der Waals surface area contributed by atoms with Crippen LogP contribution in [0.3, 0.4) is 0 Å². The van der Waals surface area contributed by atoms with E-state index in [1.54, 1.807) is 30.3 Å². The van der Waals surface area contributed by atoms with E-state index in [0.717, 1.165) is 5.56 Å². The van der Waals surface area contributed by atoms with Crippen LogP contribution >= 0.6 is 0 Å². The third-order valence-corrected chi connectivity index (χ3v) is 3.69. The Kier molecular flexibility index (Phi) is 4.41. The second kappa shape index (κ2) is 6.66. The molecule has 0 amide bonds. The van der Waals surface area contributed by atoms with Crippen molar-refractivity contribution in [3.63, 3.8) is 0 Å². The molecule has 0 unspecified atom stereocenters. The fourth-order valence-electron chi connectivity index (χ4n) is 2.34. The Morgan fingerprint density at radius 1 is 1.25 bits per heavy atom. The molecule has 3 heterocycles. The molecule has 0 fully saturated rings. The highest BCUT2D eigenvalue weighted by Crippen LogP contribution is 2.26. The molecule has 0 radical (unpaired) electrons. The van der Waals surface area contributed by atoms with Crippen molar-refractivity contribution in [3.8, 4) is 5.88 Å². The van der Waals surface area contributed by atoms with Crippen LogP contribution < -0.4 is 9.64 Å². The molecule has 1 N–H and O–H groups in total. The summed E-state index contributed by atoms with van der Waals surface area (Å²) in [5.74, 6) is -0.876. The summed E-state index contributed by atoms with van der Waals surface area (Å²) in [7, 11) is 3.01. The molecule has 124 valence electrons. The highest BCUT2D eigenvalue weighted by molar-refractivity contribution is 5.58. The first-order chi connectivity index (χ1) is 11.6. The maximum Gasteiger partial charge on any atom is 0.250 e. The summed E-state index contributed by atoms with van der Waals surface area (Å²) in [4.78, 5) is 12.3. The van der Waals surface area contributed by atoms with Crippen LogP contribution in [0.2, 0.25) is 0 Å². The second-order valence-corrected chi connectivity index (χ2v) is 5.26. The first kappa shape index (κ1) is 15.9. The first-order valence-electron chi connectivity index (χ1n) is 7.29. The van der Waals surface area contributed by atoms with Gasteiger partial charge in [-0.2, -0.15) is 4.39 Å². The minimum absolute atomic E-state index is 0.0897. The summed E-state index contributed by atoms with van der Waals surface area (Å²) in [6, 6.07) is 6.51. The minimum Gasteiger partial charge on any atom is -0.479 e. The standard InChI is InChI=1S/C17H16F2N4O/c1-23(13-8-14(18)17(24-2)21-10-13)15-4-3-12(16(19)22-15)7-11-5-6-20-9-11/h3-6,8-10,20H,7H2,1-2H3. The number of anilines is 2. The molecular weight excluding hydrogens is 314 g/mol. The molecule has 0 saturated carbocycles. The van der Waals surface area contributed by atoms with Crippen LogP contribution in [0.25, 0.3) is 0 Å². The van der Waals surface area contributed by atoms with Gasteiger partial charge in [0, 0.05) is 37.5 Å². The van der Waals surface area contributed by atoms with E-state index in [0.29, 0.717) is 23.5 Å². The SMILES string of the molecule is COc1ncc(N(C)c2ccc(Cc3cc[nH]c3)c(F)n2)cc1F. The van der Waals surface area contributed by atoms with Gasteiger partial charge in [-0.25, -0.2) is 14.4 Å². The van der Waals surface area contributed by atoms with E-state index in [9.17, 15) is 8.78 Å². The molecule has 3 aromatic rings. The number of nitrogens with one attached hydrogen (secondary N) is 1. The van der Waals surface area contributed by atoms with Crippen LogP contribution in [-0.4, -0.2) is 29.1 Å². The molecule has 5 nitrogen and oxygen atoms in total. The van der Waals surface area contributed by atoms with Crippen LogP contribution in [0, 0.1) is 11.8 Å². The normalized spacial score (nSPS) is 10.7. The summed E-state index contributed by atoms with van der Waals surface area (Å²) in [6.07, 6.45) is 5.49. The lowest BCUT2D eigenvalue weighted by molar-refractivity contribution is 0.369. The van der Waals surface area contributed by atoms with Gasteiger partial charge in [-0.15, -0.1) is 0 Å². The van der Waals surface area contributed by atoms with Crippen molar-refractivity contribution < 1.29 is 13.5 Å². The molecule has 3 aromatic heterocycles. The number of rotatable bonds is 5. The lowest BCUT2D eigenvalue weighted by atomic mass is 10.1. The number of hydrogen-bond acceptors (Lipinski definition) is 4. The molecule has 0 saturated heterocycles. The number of nitrogens with zero attached hydrogens (tertiary/aromatic N) is 3. The molecule has 0 spiro atoms. The summed E-state index contributed by atoms with van der Waals surface area (Å²) in [5.41, 5.74) is 1.91. The molecule has 24 heavy (non-hydrogen) atoms. The quantitative estimate of drug-likeness (QED) is 0.728. The van der Waals surface area contributed by atoms with Crippen molar-refractivity contribution >= 4 is 11.5 Å². The molecule has 0 bridgehead atoms. The lowest BCUT2D eigenvalue weighted by Crippen LogP contribution is -2.13. The molecule has 0 aliphatic rings. The van der Waals surface area contributed by atoms with E-state index in [-0.39, 0.29) is 5.88 Å². The van der Waals surface area contributed by atoms with Crippen LogP contribution in [-0.2, 0) is 6.42 Å². The molecular formula is C17H16F2N4O. The predicted molar refractivity (Wildman–Crippen MR) is 86.6 cm³/mol. The van der Waals surface area contributed by atoms with Gasteiger partial charge in [0.2, 0.25) is 11.8 Å². The van der Waals surface area contributed by atoms with Crippen molar-refractivity contribution in [2.45, 2.75) is 6.42 Å². The highest BCUT2D eigenvalue weighted by atomic mass is 19.1. The van der Waals surface area contributed by atoms with Crippen molar-refractivity contribution in [2.24, 2.45) is 0 Å². The van der Waals surface area contributed by atoms with E-state index in [1.165, 1.54) is 19.4 Å².